The van der Waals surface area contributed by atoms with Gasteiger partial charge in [0.1, 0.15) is 18.7 Å². The summed E-state index contributed by atoms with van der Waals surface area (Å²) in [5, 5.41) is 5.13. The lowest BCUT2D eigenvalue weighted by molar-refractivity contribution is -0.131. The molecule has 33 heavy (non-hydrogen) atoms. The zero-order chi connectivity index (χ0) is 24.1. The number of carbonyl (C=O) groups excluding carboxylic acids is 5. The highest BCUT2D eigenvalue weighted by Gasteiger charge is 2.29. The van der Waals surface area contributed by atoms with Gasteiger partial charge in [0, 0.05) is 24.7 Å². The Hall–Kier alpha value is -3.03. The van der Waals surface area contributed by atoms with Crippen molar-refractivity contribution in [3.8, 4) is 0 Å². The Bertz CT molecular complexity index is 810. The molecule has 0 saturated heterocycles. The van der Waals surface area contributed by atoms with Crippen LogP contribution in [0.15, 0.2) is 30.3 Å². The molecule has 1 aromatic rings. The summed E-state index contributed by atoms with van der Waals surface area (Å²) in [5.41, 5.74) is 0.833. The van der Waals surface area contributed by atoms with Crippen molar-refractivity contribution >= 4 is 29.9 Å². The highest BCUT2D eigenvalue weighted by atomic mass is 16.5. The molecule has 8 heteroatoms. The molecule has 0 spiro atoms. The molecule has 1 aliphatic rings. The van der Waals surface area contributed by atoms with Crippen LogP contribution in [0.5, 0.6) is 0 Å². The van der Waals surface area contributed by atoms with Crippen molar-refractivity contribution in [2.45, 2.75) is 70.9 Å². The molecule has 3 atom stereocenters. The molecule has 0 heterocycles. The molecule has 0 aromatic heterocycles. The van der Waals surface area contributed by atoms with Gasteiger partial charge in [-0.05, 0) is 31.2 Å². The summed E-state index contributed by atoms with van der Waals surface area (Å²) in [5.74, 6) is -1.31. The highest BCUT2D eigenvalue weighted by molar-refractivity contribution is 5.90. The maximum atomic E-state index is 12.8. The average Bonchev–Trinajstić information content (AvgIpc) is 3.23. The molecular formula is C25H34N2O6. The quantitative estimate of drug-likeness (QED) is 0.414. The van der Waals surface area contributed by atoms with E-state index >= 15 is 0 Å². The Balaban J connectivity index is 1.81. The molecule has 0 aliphatic heterocycles. The van der Waals surface area contributed by atoms with E-state index < -0.39 is 18.1 Å². The first kappa shape index (κ1) is 26.2. The first-order valence-corrected chi connectivity index (χ1v) is 11.7. The SMILES string of the molecule is CCCC[C@H](CC(=O)CNC(=O)OCc1ccccc1)C(=O)N[C@H](C=O)CC1CCCC1=O. The number of ether oxygens (including phenoxy) is 1. The molecule has 1 fully saturated rings. The van der Waals surface area contributed by atoms with Gasteiger partial charge < -0.3 is 20.2 Å². The Morgan fingerprint density at radius 3 is 2.61 bits per heavy atom. The van der Waals surface area contributed by atoms with Crippen LogP contribution in [-0.4, -0.2) is 42.4 Å². The number of hydrogen-bond acceptors (Lipinski definition) is 6. The zero-order valence-corrected chi connectivity index (χ0v) is 19.2. The van der Waals surface area contributed by atoms with Crippen molar-refractivity contribution < 1.29 is 28.7 Å². The van der Waals surface area contributed by atoms with Crippen LogP contribution < -0.4 is 10.6 Å². The van der Waals surface area contributed by atoms with Crippen LogP contribution in [0, 0.1) is 11.8 Å². The van der Waals surface area contributed by atoms with E-state index in [0.717, 1.165) is 31.2 Å². The number of unbranched alkanes of at least 4 members (excludes halogenated alkanes) is 1. The summed E-state index contributed by atoms with van der Waals surface area (Å²) < 4.78 is 5.09. The average molecular weight is 459 g/mol. The molecule has 1 aliphatic carbocycles. The molecule has 1 unspecified atom stereocenters. The van der Waals surface area contributed by atoms with Crippen LogP contribution in [0.1, 0.15) is 63.9 Å². The third-order valence-corrected chi connectivity index (χ3v) is 5.86. The number of benzene rings is 1. The number of hydrogen-bond donors (Lipinski definition) is 2. The Morgan fingerprint density at radius 2 is 1.97 bits per heavy atom. The minimum atomic E-state index is -0.741. The molecule has 2 N–H and O–H groups in total. The molecule has 8 nitrogen and oxygen atoms in total. The minimum absolute atomic E-state index is 0.0429. The van der Waals surface area contributed by atoms with E-state index in [4.69, 9.17) is 4.74 Å². The lowest BCUT2D eigenvalue weighted by Crippen LogP contribution is -2.42. The predicted molar refractivity (Wildman–Crippen MR) is 122 cm³/mol. The van der Waals surface area contributed by atoms with E-state index in [0.29, 0.717) is 25.5 Å². The predicted octanol–water partition coefficient (Wildman–Crippen LogP) is 3.12. The van der Waals surface area contributed by atoms with Gasteiger partial charge in [0.2, 0.25) is 5.91 Å². The van der Waals surface area contributed by atoms with Gasteiger partial charge in [-0.1, -0.05) is 50.1 Å². The zero-order valence-electron chi connectivity index (χ0n) is 19.2. The number of amides is 2. The van der Waals surface area contributed by atoms with Crippen molar-refractivity contribution in [3.63, 3.8) is 0 Å². The molecule has 2 amide bonds. The van der Waals surface area contributed by atoms with E-state index in [9.17, 15) is 24.0 Å². The molecule has 1 saturated carbocycles. The van der Waals surface area contributed by atoms with Crippen LogP contribution in [0.2, 0.25) is 0 Å². The molecule has 1 aromatic carbocycles. The van der Waals surface area contributed by atoms with Crippen molar-refractivity contribution in [2.24, 2.45) is 11.8 Å². The van der Waals surface area contributed by atoms with Gasteiger partial charge in [0.15, 0.2) is 5.78 Å². The second-order valence-corrected chi connectivity index (χ2v) is 8.54. The summed E-state index contributed by atoms with van der Waals surface area (Å²) in [6.07, 6.45) is 4.41. The molecule has 180 valence electrons. The monoisotopic (exact) mass is 458 g/mol. The van der Waals surface area contributed by atoms with Crippen LogP contribution in [-0.2, 0) is 30.5 Å². The van der Waals surface area contributed by atoms with Crippen molar-refractivity contribution in [3.05, 3.63) is 35.9 Å². The van der Waals surface area contributed by atoms with Crippen LogP contribution in [0.25, 0.3) is 0 Å². The fourth-order valence-corrected chi connectivity index (χ4v) is 3.96. The van der Waals surface area contributed by atoms with Crippen molar-refractivity contribution in [1.82, 2.24) is 10.6 Å². The third-order valence-electron chi connectivity index (χ3n) is 5.86. The topological polar surface area (TPSA) is 119 Å². The summed E-state index contributed by atoms with van der Waals surface area (Å²) in [7, 11) is 0. The second kappa shape index (κ2) is 14.2. The first-order chi connectivity index (χ1) is 15.9. The van der Waals surface area contributed by atoms with Gasteiger partial charge in [0.25, 0.3) is 0 Å². The first-order valence-electron chi connectivity index (χ1n) is 11.7. The van der Waals surface area contributed by atoms with E-state index in [2.05, 4.69) is 10.6 Å². The normalized spacial score (nSPS) is 17.1. The third kappa shape index (κ3) is 9.55. The van der Waals surface area contributed by atoms with Crippen molar-refractivity contribution in [1.29, 1.82) is 0 Å². The minimum Gasteiger partial charge on any atom is -0.445 e. The number of carbonyl (C=O) groups is 5. The van der Waals surface area contributed by atoms with E-state index in [1.807, 2.05) is 37.3 Å². The summed E-state index contributed by atoms with van der Waals surface area (Å²) >= 11 is 0. The molecular weight excluding hydrogens is 424 g/mol. The van der Waals surface area contributed by atoms with Gasteiger partial charge >= 0.3 is 6.09 Å². The van der Waals surface area contributed by atoms with Gasteiger partial charge in [-0.15, -0.1) is 0 Å². The number of aldehydes is 1. The van der Waals surface area contributed by atoms with E-state index in [1.165, 1.54) is 0 Å². The van der Waals surface area contributed by atoms with Crippen LogP contribution >= 0.6 is 0 Å². The largest absolute Gasteiger partial charge is 0.445 e. The maximum absolute atomic E-state index is 12.8. The molecule has 0 bridgehead atoms. The van der Waals surface area contributed by atoms with Gasteiger partial charge in [-0.3, -0.25) is 14.4 Å². The Kier molecular flexibility index (Phi) is 11.3. The van der Waals surface area contributed by atoms with E-state index in [-0.39, 0.29) is 43.0 Å². The Morgan fingerprint density at radius 1 is 1.21 bits per heavy atom. The van der Waals surface area contributed by atoms with Gasteiger partial charge in [0.05, 0.1) is 12.6 Å². The number of Topliss-reactive ketones (excluding diaryl/α,β-unsaturated/α-hetero) is 2. The standard InChI is InChI=1S/C25H34N2O6/c1-2-3-10-20(24(31)27-21(16-28)13-19-11-7-12-23(19)30)14-22(29)15-26-25(32)33-17-18-8-5-4-6-9-18/h4-6,8-9,16,19-21H,2-3,7,10-15,17H2,1H3,(H,26,32)(H,27,31)/t19?,20-,21+/m1/s1. The molecule has 0 radical (unpaired) electrons. The van der Waals surface area contributed by atoms with Crippen LogP contribution in [0.3, 0.4) is 0 Å². The Labute approximate surface area is 194 Å². The lowest BCUT2D eigenvalue weighted by Gasteiger charge is -2.21. The van der Waals surface area contributed by atoms with Crippen molar-refractivity contribution in [2.75, 3.05) is 6.54 Å². The lowest BCUT2D eigenvalue weighted by atomic mass is 9.93. The highest BCUT2D eigenvalue weighted by Crippen LogP contribution is 2.25. The smallest absolute Gasteiger partial charge is 0.407 e. The second-order valence-electron chi connectivity index (χ2n) is 8.54. The summed E-state index contributed by atoms with van der Waals surface area (Å²) in [4.78, 5) is 60.4. The number of ketones is 2. The fourth-order valence-electron chi connectivity index (χ4n) is 3.96. The summed E-state index contributed by atoms with van der Waals surface area (Å²) in [6, 6.07) is 8.44. The van der Waals surface area contributed by atoms with Crippen LogP contribution in [0.4, 0.5) is 4.79 Å². The number of nitrogens with one attached hydrogen (secondary N) is 2. The van der Waals surface area contributed by atoms with Gasteiger partial charge in [-0.2, -0.15) is 0 Å². The number of alkyl carbamates (subject to hydrolysis) is 1. The van der Waals surface area contributed by atoms with E-state index in [1.54, 1.807) is 0 Å². The maximum Gasteiger partial charge on any atom is 0.407 e. The number of rotatable bonds is 14. The van der Waals surface area contributed by atoms with Gasteiger partial charge in [-0.25, -0.2) is 4.79 Å². The summed E-state index contributed by atoms with van der Waals surface area (Å²) in [6.45, 7) is 1.84. The molecule has 2 rings (SSSR count). The fraction of sp³-hybridized carbons (Fsp3) is 0.560.